The second-order valence-electron chi connectivity index (χ2n) is 2.90. The molecule has 0 nitrogen and oxygen atoms in total. The SMILES string of the molecule is CSc1cc(CBr)cc2cc(Cl)sc12. The highest BCUT2D eigenvalue weighted by atomic mass is 79.9. The van der Waals surface area contributed by atoms with Crippen molar-refractivity contribution < 1.29 is 0 Å². The third-order valence-electron chi connectivity index (χ3n) is 1.99. The molecule has 0 unspecified atom stereocenters. The van der Waals surface area contributed by atoms with Gasteiger partial charge in [0.1, 0.15) is 0 Å². The van der Waals surface area contributed by atoms with Crippen LogP contribution in [0.25, 0.3) is 10.1 Å². The van der Waals surface area contributed by atoms with Crippen molar-refractivity contribution in [1.82, 2.24) is 0 Å². The maximum atomic E-state index is 6.01. The van der Waals surface area contributed by atoms with Crippen LogP contribution in [0.1, 0.15) is 5.56 Å². The fourth-order valence-corrected chi connectivity index (χ4v) is 3.77. The molecule has 2 aromatic rings. The number of thiophene rings is 1. The molecule has 0 saturated heterocycles. The van der Waals surface area contributed by atoms with Crippen molar-refractivity contribution in [2.45, 2.75) is 10.2 Å². The van der Waals surface area contributed by atoms with Crippen LogP contribution >= 0.6 is 50.6 Å². The average molecular weight is 308 g/mol. The lowest BCUT2D eigenvalue weighted by Gasteiger charge is -2.01. The minimum Gasteiger partial charge on any atom is -0.128 e. The van der Waals surface area contributed by atoms with Crippen LogP contribution in [0.3, 0.4) is 0 Å². The van der Waals surface area contributed by atoms with E-state index in [9.17, 15) is 0 Å². The number of hydrogen-bond acceptors (Lipinski definition) is 2. The third-order valence-corrected chi connectivity index (χ3v) is 4.84. The Bertz CT molecular complexity index is 464. The van der Waals surface area contributed by atoms with Crippen molar-refractivity contribution in [3.63, 3.8) is 0 Å². The van der Waals surface area contributed by atoms with Gasteiger partial charge in [-0.3, -0.25) is 0 Å². The molecule has 74 valence electrons. The standard InChI is InChI=1S/C10H8BrClS2/c1-13-8-3-6(5-11)2-7-4-9(12)14-10(7)8/h2-4H,5H2,1H3. The lowest BCUT2D eigenvalue weighted by Crippen LogP contribution is -1.78. The van der Waals surface area contributed by atoms with E-state index in [4.69, 9.17) is 11.6 Å². The van der Waals surface area contributed by atoms with Crippen molar-refractivity contribution in [3.05, 3.63) is 28.1 Å². The van der Waals surface area contributed by atoms with Gasteiger partial charge in [-0.1, -0.05) is 27.5 Å². The van der Waals surface area contributed by atoms with Gasteiger partial charge in [-0.2, -0.15) is 0 Å². The monoisotopic (exact) mass is 306 g/mol. The van der Waals surface area contributed by atoms with E-state index >= 15 is 0 Å². The van der Waals surface area contributed by atoms with Crippen molar-refractivity contribution in [2.24, 2.45) is 0 Å². The van der Waals surface area contributed by atoms with Gasteiger partial charge in [0, 0.05) is 14.9 Å². The molecular formula is C10H8BrClS2. The van der Waals surface area contributed by atoms with Gasteiger partial charge in [0.15, 0.2) is 0 Å². The average Bonchev–Trinajstić information content (AvgIpc) is 2.56. The predicted octanol–water partition coefficient (Wildman–Crippen LogP) is 5.17. The first-order chi connectivity index (χ1) is 6.74. The van der Waals surface area contributed by atoms with E-state index in [2.05, 4.69) is 34.3 Å². The molecule has 0 amide bonds. The van der Waals surface area contributed by atoms with Gasteiger partial charge in [-0.15, -0.1) is 23.1 Å². The number of halogens is 2. The maximum absolute atomic E-state index is 6.01. The molecule has 0 saturated carbocycles. The molecule has 0 atom stereocenters. The lowest BCUT2D eigenvalue weighted by molar-refractivity contribution is 1.41. The van der Waals surface area contributed by atoms with Crippen molar-refractivity contribution >= 4 is 60.7 Å². The minimum absolute atomic E-state index is 0.863. The maximum Gasteiger partial charge on any atom is 0.0941 e. The van der Waals surface area contributed by atoms with Crippen LogP contribution in [0.15, 0.2) is 23.1 Å². The molecule has 0 aliphatic carbocycles. The van der Waals surface area contributed by atoms with E-state index in [1.165, 1.54) is 20.5 Å². The highest BCUT2D eigenvalue weighted by molar-refractivity contribution is 9.08. The van der Waals surface area contributed by atoms with E-state index < -0.39 is 0 Å². The zero-order chi connectivity index (χ0) is 10.1. The van der Waals surface area contributed by atoms with Gasteiger partial charge >= 0.3 is 0 Å². The van der Waals surface area contributed by atoms with Crippen LogP contribution in [-0.2, 0) is 5.33 Å². The molecule has 0 aliphatic heterocycles. The van der Waals surface area contributed by atoms with Crippen LogP contribution in [-0.4, -0.2) is 6.26 Å². The lowest BCUT2D eigenvalue weighted by atomic mass is 10.2. The van der Waals surface area contributed by atoms with E-state index in [0.717, 1.165) is 9.67 Å². The van der Waals surface area contributed by atoms with Crippen molar-refractivity contribution in [3.8, 4) is 0 Å². The largest absolute Gasteiger partial charge is 0.128 e. The first-order valence-electron chi connectivity index (χ1n) is 4.06. The van der Waals surface area contributed by atoms with E-state index in [-0.39, 0.29) is 0 Å². The van der Waals surface area contributed by atoms with Crippen molar-refractivity contribution in [2.75, 3.05) is 6.26 Å². The summed E-state index contributed by atoms with van der Waals surface area (Å²) >= 11 is 12.9. The summed E-state index contributed by atoms with van der Waals surface area (Å²) in [4.78, 5) is 1.31. The van der Waals surface area contributed by atoms with Gasteiger partial charge in [0.2, 0.25) is 0 Å². The highest BCUT2D eigenvalue weighted by Crippen LogP contribution is 2.37. The summed E-state index contributed by atoms with van der Waals surface area (Å²) in [6.45, 7) is 0. The highest BCUT2D eigenvalue weighted by Gasteiger charge is 2.06. The molecule has 0 fully saturated rings. The number of alkyl halides is 1. The van der Waals surface area contributed by atoms with E-state index in [1.54, 1.807) is 23.1 Å². The molecule has 14 heavy (non-hydrogen) atoms. The Morgan fingerprint density at radius 3 is 2.86 bits per heavy atom. The summed E-state index contributed by atoms with van der Waals surface area (Å²) in [5.74, 6) is 0. The number of thioether (sulfide) groups is 1. The molecule has 4 heteroatoms. The Hall–Kier alpha value is 0.300. The molecule has 0 N–H and O–H groups in total. The zero-order valence-corrected chi connectivity index (χ0v) is 11.5. The van der Waals surface area contributed by atoms with Gasteiger partial charge in [-0.05, 0) is 35.4 Å². The predicted molar refractivity (Wildman–Crippen MR) is 71.2 cm³/mol. The Morgan fingerprint density at radius 1 is 1.43 bits per heavy atom. The van der Waals surface area contributed by atoms with Crippen LogP contribution in [0.5, 0.6) is 0 Å². The van der Waals surface area contributed by atoms with Crippen LogP contribution < -0.4 is 0 Å². The molecule has 0 spiro atoms. The zero-order valence-electron chi connectivity index (χ0n) is 7.51. The molecule has 0 radical (unpaired) electrons. The first-order valence-corrected chi connectivity index (χ1v) is 7.60. The second kappa shape index (κ2) is 4.44. The van der Waals surface area contributed by atoms with Gasteiger partial charge in [0.05, 0.1) is 4.34 Å². The fraction of sp³-hybridized carbons (Fsp3) is 0.200. The van der Waals surface area contributed by atoms with Crippen LogP contribution in [0.4, 0.5) is 0 Å². The molecule has 1 heterocycles. The number of rotatable bonds is 2. The summed E-state index contributed by atoms with van der Waals surface area (Å²) in [6, 6.07) is 6.44. The normalized spacial score (nSPS) is 11.1. The molecule has 0 bridgehead atoms. The summed E-state index contributed by atoms with van der Waals surface area (Å²) < 4.78 is 2.16. The molecule has 2 rings (SSSR count). The van der Waals surface area contributed by atoms with Gasteiger partial charge in [-0.25, -0.2) is 0 Å². The van der Waals surface area contributed by atoms with Gasteiger partial charge < -0.3 is 0 Å². The number of benzene rings is 1. The summed E-state index contributed by atoms with van der Waals surface area (Å²) in [5, 5.41) is 2.14. The summed E-state index contributed by atoms with van der Waals surface area (Å²) in [6.07, 6.45) is 2.10. The minimum atomic E-state index is 0.863. The first kappa shape index (κ1) is 10.8. The Kier molecular flexibility index (Phi) is 3.42. The quantitative estimate of drug-likeness (QED) is 0.545. The Labute approximate surface area is 105 Å². The second-order valence-corrected chi connectivity index (χ2v) is 5.99. The number of fused-ring (bicyclic) bond motifs is 1. The van der Waals surface area contributed by atoms with Crippen LogP contribution in [0.2, 0.25) is 4.34 Å². The van der Waals surface area contributed by atoms with Crippen molar-refractivity contribution in [1.29, 1.82) is 0 Å². The van der Waals surface area contributed by atoms with E-state index in [0.29, 0.717) is 0 Å². The molecule has 0 aliphatic rings. The fourth-order valence-electron chi connectivity index (χ4n) is 1.38. The van der Waals surface area contributed by atoms with E-state index in [1.807, 2.05) is 6.07 Å². The Morgan fingerprint density at radius 2 is 2.21 bits per heavy atom. The summed E-state index contributed by atoms with van der Waals surface area (Å²) in [7, 11) is 0. The third kappa shape index (κ3) is 1.96. The molecule has 1 aromatic heterocycles. The molecule has 1 aromatic carbocycles. The smallest absolute Gasteiger partial charge is 0.0941 e. The molecular weight excluding hydrogens is 300 g/mol. The van der Waals surface area contributed by atoms with Gasteiger partial charge in [0.25, 0.3) is 0 Å². The van der Waals surface area contributed by atoms with Crippen LogP contribution in [0, 0.1) is 0 Å². The topological polar surface area (TPSA) is 0 Å². The summed E-state index contributed by atoms with van der Waals surface area (Å²) in [5.41, 5.74) is 1.30. The Balaban J connectivity index is 2.72. The number of hydrogen-bond donors (Lipinski definition) is 0.